The second-order valence-electron chi connectivity index (χ2n) is 11.5. The Labute approximate surface area is 258 Å². The highest BCUT2D eigenvalue weighted by atomic mass is 16.5. The van der Waals surface area contributed by atoms with E-state index in [4.69, 9.17) is 4.74 Å². The molecule has 0 radical (unpaired) electrons. The van der Waals surface area contributed by atoms with Crippen LogP contribution in [-0.4, -0.2) is 19.1 Å². The van der Waals surface area contributed by atoms with E-state index in [-0.39, 0.29) is 0 Å². The minimum atomic E-state index is 0.854. The molecule has 0 amide bonds. The molecule has 5 heterocycles. The Balaban J connectivity index is 1.37. The molecule has 45 heavy (non-hydrogen) atoms. The van der Waals surface area contributed by atoms with Crippen molar-refractivity contribution in [1.29, 1.82) is 0 Å². The zero-order valence-corrected chi connectivity index (χ0v) is 24.1. The molecule has 0 atom stereocenters. The van der Waals surface area contributed by atoms with E-state index in [2.05, 4.69) is 122 Å². The average molecular weight is 577 g/mol. The third-order valence-electron chi connectivity index (χ3n) is 9.03. The van der Waals surface area contributed by atoms with Crippen LogP contribution in [0.25, 0.3) is 77.2 Å². The Bertz CT molecular complexity index is 2560. The zero-order chi connectivity index (χ0) is 29.5. The first-order valence-electron chi connectivity index (χ1n) is 15.1. The molecule has 0 N–H and O–H groups in total. The number of ether oxygens (including phenoxy) is 1. The summed E-state index contributed by atoms with van der Waals surface area (Å²) in [5, 5.41) is 4.84. The molecule has 5 aromatic carbocycles. The van der Waals surface area contributed by atoms with E-state index in [1.165, 1.54) is 27.1 Å². The van der Waals surface area contributed by atoms with Gasteiger partial charge in [-0.25, -0.2) is 0 Å². The van der Waals surface area contributed by atoms with Crippen molar-refractivity contribution in [2.75, 3.05) is 0 Å². The molecule has 10 rings (SSSR count). The number of fused-ring (bicyclic) bond motifs is 9. The Kier molecular flexibility index (Phi) is 4.93. The lowest BCUT2D eigenvalue weighted by Crippen LogP contribution is -2.04. The number of nitrogens with zero attached hydrogens (tertiary/aromatic N) is 4. The van der Waals surface area contributed by atoms with Crippen molar-refractivity contribution in [3.8, 4) is 45.1 Å². The molecule has 5 heteroatoms. The third-order valence-corrected chi connectivity index (χ3v) is 9.03. The molecular weight excluding hydrogens is 552 g/mol. The van der Waals surface area contributed by atoms with Gasteiger partial charge in [0.2, 0.25) is 0 Å². The van der Waals surface area contributed by atoms with E-state index in [1.807, 2.05) is 43.0 Å². The molecular formula is C40H24N4O. The van der Waals surface area contributed by atoms with Gasteiger partial charge in [0.25, 0.3) is 0 Å². The molecule has 0 saturated heterocycles. The Morgan fingerprint density at radius 2 is 1.09 bits per heavy atom. The van der Waals surface area contributed by atoms with Crippen molar-refractivity contribution in [1.82, 2.24) is 19.1 Å². The van der Waals surface area contributed by atoms with E-state index < -0.39 is 0 Å². The molecule has 1 aliphatic rings. The van der Waals surface area contributed by atoms with Crippen LogP contribution in [-0.2, 0) is 0 Å². The van der Waals surface area contributed by atoms with Crippen LogP contribution in [0.5, 0.6) is 11.5 Å². The molecule has 9 aromatic rings. The smallest absolute Gasteiger partial charge is 0.154 e. The highest BCUT2D eigenvalue weighted by Crippen LogP contribution is 2.50. The van der Waals surface area contributed by atoms with Gasteiger partial charge in [-0.15, -0.1) is 0 Å². The summed E-state index contributed by atoms with van der Waals surface area (Å²) in [5.41, 5.74) is 10.9. The maximum atomic E-state index is 6.71. The topological polar surface area (TPSA) is 44.9 Å². The number of hydrogen-bond acceptors (Lipinski definition) is 3. The minimum absolute atomic E-state index is 0.854. The summed E-state index contributed by atoms with van der Waals surface area (Å²) in [6.45, 7) is 0. The maximum absolute atomic E-state index is 6.71. The summed E-state index contributed by atoms with van der Waals surface area (Å²) >= 11 is 0. The zero-order valence-electron chi connectivity index (χ0n) is 24.1. The van der Waals surface area contributed by atoms with Gasteiger partial charge in [0.05, 0.1) is 27.8 Å². The van der Waals surface area contributed by atoms with E-state index in [0.29, 0.717) is 0 Å². The van der Waals surface area contributed by atoms with Gasteiger partial charge in [-0.05, 0) is 65.7 Å². The highest BCUT2D eigenvalue weighted by molar-refractivity contribution is 6.30. The number of hydrogen-bond donors (Lipinski definition) is 0. The molecule has 0 saturated carbocycles. The first kappa shape index (κ1) is 24.3. The van der Waals surface area contributed by atoms with Crippen LogP contribution in [0.15, 0.2) is 146 Å². The normalized spacial score (nSPS) is 12.2. The van der Waals surface area contributed by atoms with Gasteiger partial charge in [-0.3, -0.25) is 9.97 Å². The van der Waals surface area contributed by atoms with Crippen LogP contribution < -0.4 is 4.74 Å². The first-order valence-corrected chi connectivity index (χ1v) is 15.1. The van der Waals surface area contributed by atoms with Crippen LogP contribution in [0.1, 0.15) is 0 Å². The van der Waals surface area contributed by atoms with Crippen molar-refractivity contribution < 1.29 is 4.74 Å². The number of para-hydroxylation sites is 4. The van der Waals surface area contributed by atoms with E-state index >= 15 is 0 Å². The van der Waals surface area contributed by atoms with Crippen molar-refractivity contribution >= 4 is 43.6 Å². The number of rotatable bonds is 3. The average Bonchev–Trinajstić information content (AvgIpc) is 3.63. The third kappa shape index (κ3) is 3.43. The summed E-state index contributed by atoms with van der Waals surface area (Å²) in [6.07, 6.45) is 7.47. The number of benzene rings is 5. The lowest BCUT2D eigenvalue weighted by molar-refractivity contribution is 0.477. The minimum Gasteiger partial charge on any atom is -0.453 e. The summed E-state index contributed by atoms with van der Waals surface area (Å²) in [4.78, 5) is 8.86. The first-order chi connectivity index (χ1) is 22.3. The van der Waals surface area contributed by atoms with Gasteiger partial charge in [-0.2, -0.15) is 0 Å². The standard InChI is InChI=1S/C40H24N4O/c1-3-13-32-30(11-1)38-35(22-37-40-39(38)31-12-2-4-14-33(31)44(40)34-15-5-6-16-36(34)45-37)43(32)29-20-27(25-9-7-17-41-23-25)19-28(21-29)26-10-8-18-42-24-26/h1-24H. The fourth-order valence-electron chi connectivity index (χ4n) is 7.17. The van der Waals surface area contributed by atoms with Crippen molar-refractivity contribution in [2.24, 2.45) is 0 Å². The largest absolute Gasteiger partial charge is 0.453 e. The maximum Gasteiger partial charge on any atom is 0.154 e. The predicted molar refractivity (Wildman–Crippen MR) is 182 cm³/mol. The molecule has 0 unspecified atom stereocenters. The lowest BCUT2D eigenvalue weighted by Gasteiger charge is -2.21. The van der Waals surface area contributed by atoms with Crippen LogP contribution in [0.3, 0.4) is 0 Å². The van der Waals surface area contributed by atoms with E-state index in [0.717, 1.165) is 61.7 Å². The highest BCUT2D eigenvalue weighted by Gasteiger charge is 2.28. The molecule has 0 aliphatic carbocycles. The summed E-state index contributed by atoms with van der Waals surface area (Å²) in [7, 11) is 0. The number of pyridine rings is 2. The van der Waals surface area contributed by atoms with Crippen molar-refractivity contribution in [3.05, 3.63) is 146 Å². The van der Waals surface area contributed by atoms with Gasteiger partial charge < -0.3 is 13.9 Å². The second kappa shape index (κ2) is 9.15. The molecule has 1 aliphatic heterocycles. The van der Waals surface area contributed by atoms with Crippen LogP contribution in [0, 0.1) is 0 Å². The summed E-state index contributed by atoms with van der Waals surface area (Å²) < 4.78 is 11.5. The van der Waals surface area contributed by atoms with Crippen molar-refractivity contribution in [3.63, 3.8) is 0 Å². The van der Waals surface area contributed by atoms with Gasteiger partial charge in [0.1, 0.15) is 0 Å². The summed E-state index contributed by atoms with van der Waals surface area (Å²) in [6, 6.07) is 42.9. The van der Waals surface area contributed by atoms with Gasteiger partial charge in [0, 0.05) is 69.2 Å². The molecule has 0 bridgehead atoms. The fraction of sp³-hybridized carbons (Fsp3) is 0. The quantitative estimate of drug-likeness (QED) is 0.210. The van der Waals surface area contributed by atoms with E-state index in [9.17, 15) is 0 Å². The van der Waals surface area contributed by atoms with Crippen molar-refractivity contribution in [2.45, 2.75) is 0 Å². The monoisotopic (exact) mass is 576 g/mol. The molecule has 4 aromatic heterocycles. The summed E-state index contributed by atoms with van der Waals surface area (Å²) in [5.74, 6) is 1.71. The molecule has 5 nitrogen and oxygen atoms in total. The lowest BCUT2D eigenvalue weighted by atomic mass is 9.99. The Morgan fingerprint density at radius 3 is 1.78 bits per heavy atom. The van der Waals surface area contributed by atoms with Crippen LogP contribution in [0.4, 0.5) is 0 Å². The van der Waals surface area contributed by atoms with Gasteiger partial charge >= 0.3 is 0 Å². The second-order valence-corrected chi connectivity index (χ2v) is 11.5. The van der Waals surface area contributed by atoms with Crippen LogP contribution in [0.2, 0.25) is 0 Å². The SMILES string of the molecule is c1cncc(-c2cc(-c3cccnc3)cc(-n3c4ccccc4c4c5c6ccccc6n6c5c(cc43)Oc3ccccc3-6)c2)c1. The molecule has 0 fully saturated rings. The predicted octanol–water partition coefficient (Wildman–Crippen LogP) is 10.1. The Morgan fingerprint density at radius 1 is 0.467 bits per heavy atom. The molecule has 210 valence electrons. The fourth-order valence-corrected chi connectivity index (χ4v) is 7.17. The van der Waals surface area contributed by atoms with Crippen LogP contribution >= 0.6 is 0 Å². The van der Waals surface area contributed by atoms with E-state index in [1.54, 1.807) is 0 Å². The number of aromatic nitrogens is 4. The van der Waals surface area contributed by atoms with Gasteiger partial charge in [-0.1, -0.05) is 60.7 Å². The van der Waals surface area contributed by atoms with Gasteiger partial charge in [0.15, 0.2) is 11.5 Å². The Hall–Kier alpha value is -6.20. The molecule has 0 spiro atoms.